The fourth-order valence-corrected chi connectivity index (χ4v) is 5.17. The Labute approximate surface area is 164 Å². The molecule has 1 aromatic heterocycles. The zero-order valence-corrected chi connectivity index (χ0v) is 16.5. The van der Waals surface area contributed by atoms with Crippen LogP contribution in [0, 0.1) is 0 Å². The molecule has 3 rings (SSSR count). The van der Waals surface area contributed by atoms with Crippen molar-refractivity contribution in [3.05, 3.63) is 69.2 Å². The van der Waals surface area contributed by atoms with Gasteiger partial charge >= 0.3 is 0 Å². The van der Waals surface area contributed by atoms with E-state index in [0.717, 1.165) is 16.6 Å². The largest absolute Gasteiger partial charge is 0.284 e. The Kier molecular flexibility index (Phi) is 5.67. The van der Waals surface area contributed by atoms with Crippen LogP contribution in [0.3, 0.4) is 0 Å². The lowest BCUT2D eigenvalue weighted by Crippen LogP contribution is -2.29. The molecule has 1 amide bonds. The maximum absolute atomic E-state index is 12.6. The molecule has 0 aliphatic carbocycles. The van der Waals surface area contributed by atoms with Gasteiger partial charge in [-0.2, -0.15) is 8.42 Å². The van der Waals surface area contributed by atoms with Crippen LogP contribution in [0.25, 0.3) is 6.08 Å². The van der Waals surface area contributed by atoms with Crippen molar-refractivity contribution in [2.24, 2.45) is 4.40 Å². The molecule has 5 nitrogen and oxygen atoms in total. The van der Waals surface area contributed by atoms with Gasteiger partial charge in [-0.1, -0.05) is 23.7 Å². The zero-order chi connectivity index (χ0) is 18.7. The minimum atomic E-state index is -3.96. The highest BCUT2D eigenvalue weighted by Crippen LogP contribution is 2.34. The first-order valence-electron chi connectivity index (χ1n) is 7.37. The highest BCUT2D eigenvalue weighted by atomic mass is 35.5. The lowest BCUT2D eigenvalue weighted by atomic mass is 10.3. The number of carbonyl (C=O) groups is 1. The summed E-state index contributed by atoms with van der Waals surface area (Å²) in [6, 6.07) is 9.47. The summed E-state index contributed by atoms with van der Waals surface area (Å²) in [6.07, 6.45) is 3.25. The first-order valence-corrected chi connectivity index (χ1v) is 10.9. The highest BCUT2D eigenvalue weighted by Gasteiger charge is 2.34. The molecule has 1 aliphatic rings. The minimum absolute atomic E-state index is 0.0108. The van der Waals surface area contributed by atoms with Gasteiger partial charge < -0.3 is 0 Å². The molecular formula is C17H13ClN2O3S3. The summed E-state index contributed by atoms with van der Waals surface area (Å²) in [5, 5.41) is 2.43. The monoisotopic (exact) mass is 424 g/mol. The molecule has 1 saturated heterocycles. The molecular weight excluding hydrogens is 412 g/mol. The second kappa shape index (κ2) is 7.79. The number of nitrogens with zero attached hydrogens (tertiary/aromatic N) is 2. The number of sulfonamides is 1. The van der Waals surface area contributed by atoms with E-state index in [-0.39, 0.29) is 22.5 Å². The fourth-order valence-electron chi connectivity index (χ4n) is 2.13. The number of thioether (sulfide) groups is 1. The predicted molar refractivity (Wildman–Crippen MR) is 108 cm³/mol. The van der Waals surface area contributed by atoms with Crippen LogP contribution in [0.15, 0.2) is 68.6 Å². The van der Waals surface area contributed by atoms with Gasteiger partial charge in [0.05, 0.1) is 9.80 Å². The van der Waals surface area contributed by atoms with Crippen molar-refractivity contribution in [1.29, 1.82) is 0 Å². The van der Waals surface area contributed by atoms with Gasteiger partial charge in [0.15, 0.2) is 5.17 Å². The molecule has 0 bridgehead atoms. The molecule has 0 spiro atoms. The number of rotatable bonds is 5. The summed E-state index contributed by atoms with van der Waals surface area (Å²) in [5.74, 6) is -0.298. The van der Waals surface area contributed by atoms with Gasteiger partial charge in [-0.3, -0.25) is 9.69 Å². The van der Waals surface area contributed by atoms with Crippen LogP contribution in [0.4, 0.5) is 0 Å². The van der Waals surface area contributed by atoms with E-state index in [2.05, 4.69) is 11.0 Å². The first kappa shape index (κ1) is 18.9. The van der Waals surface area contributed by atoms with Crippen LogP contribution in [0.1, 0.15) is 4.88 Å². The average molecular weight is 425 g/mol. The van der Waals surface area contributed by atoms with Crippen molar-refractivity contribution in [1.82, 2.24) is 4.90 Å². The summed E-state index contributed by atoms with van der Waals surface area (Å²) in [4.78, 5) is 15.2. The van der Waals surface area contributed by atoms with Crippen molar-refractivity contribution >= 4 is 61.9 Å². The number of carbonyl (C=O) groups excluding carboxylic acids is 1. The van der Waals surface area contributed by atoms with E-state index in [1.54, 1.807) is 6.08 Å². The predicted octanol–water partition coefficient (Wildman–Crippen LogP) is 4.25. The smallest absolute Gasteiger partial charge is 0.282 e. The Morgan fingerprint density at radius 1 is 1.23 bits per heavy atom. The van der Waals surface area contributed by atoms with Crippen molar-refractivity contribution in [2.75, 3.05) is 6.54 Å². The molecule has 0 atom stereocenters. The molecule has 9 heteroatoms. The van der Waals surface area contributed by atoms with E-state index in [0.29, 0.717) is 9.93 Å². The van der Waals surface area contributed by atoms with Crippen LogP contribution in [-0.4, -0.2) is 30.9 Å². The topological polar surface area (TPSA) is 66.8 Å². The zero-order valence-electron chi connectivity index (χ0n) is 13.3. The summed E-state index contributed by atoms with van der Waals surface area (Å²) >= 11 is 8.32. The SMILES string of the molecule is C=CCN1C(=O)/C(=C/c2cccs2)SC1=NS(=O)(=O)c1ccc(Cl)cc1. The highest BCUT2D eigenvalue weighted by molar-refractivity contribution is 8.19. The van der Waals surface area contributed by atoms with Crippen LogP contribution in [-0.2, 0) is 14.8 Å². The molecule has 1 aliphatic heterocycles. The maximum Gasteiger partial charge on any atom is 0.284 e. The Hall–Kier alpha value is -1.87. The van der Waals surface area contributed by atoms with Gasteiger partial charge in [-0.25, -0.2) is 0 Å². The normalized spacial score (nSPS) is 18.0. The minimum Gasteiger partial charge on any atom is -0.282 e. The van der Waals surface area contributed by atoms with E-state index in [1.807, 2.05) is 17.5 Å². The third kappa shape index (κ3) is 4.09. The molecule has 26 heavy (non-hydrogen) atoms. The van der Waals surface area contributed by atoms with Gasteiger partial charge in [0.2, 0.25) is 0 Å². The molecule has 2 heterocycles. The number of thiophene rings is 1. The third-order valence-corrected chi connectivity index (χ3v) is 6.80. The van der Waals surface area contributed by atoms with E-state index >= 15 is 0 Å². The summed E-state index contributed by atoms with van der Waals surface area (Å²) in [6.45, 7) is 3.79. The number of amides is 1. The van der Waals surface area contributed by atoms with Crippen LogP contribution in [0.2, 0.25) is 5.02 Å². The van der Waals surface area contributed by atoms with Gasteiger partial charge in [0.1, 0.15) is 0 Å². The molecule has 1 fully saturated rings. The quantitative estimate of drug-likeness (QED) is 0.531. The second-order valence-electron chi connectivity index (χ2n) is 5.13. The van der Waals surface area contributed by atoms with Crippen molar-refractivity contribution in [3.63, 3.8) is 0 Å². The average Bonchev–Trinajstić information content (AvgIpc) is 3.20. The number of hydrogen-bond acceptors (Lipinski definition) is 5. The number of amidine groups is 1. The van der Waals surface area contributed by atoms with Gasteiger partial charge in [-0.05, 0) is 53.5 Å². The molecule has 1 aromatic carbocycles. The summed E-state index contributed by atoms with van der Waals surface area (Å²) < 4.78 is 29.0. The second-order valence-corrected chi connectivity index (χ2v) is 9.16. The van der Waals surface area contributed by atoms with Crippen LogP contribution in [0.5, 0.6) is 0 Å². The third-order valence-electron chi connectivity index (χ3n) is 3.33. The molecule has 2 aromatic rings. The maximum atomic E-state index is 12.6. The number of benzene rings is 1. The molecule has 0 radical (unpaired) electrons. The van der Waals surface area contributed by atoms with Gasteiger partial charge in [0, 0.05) is 16.4 Å². The lowest BCUT2D eigenvalue weighted by Gasteiger charge is -2.12. The van der Waals surface area contributed by atoms with Crippen molar-refractivity contribution in [2.45, 2.75) is 4.90 Å². The van der Waals surface area contributed by atoms with Crippen LogP contribution >= 0.6 is 34.7 Å². The lowest BCUT2D eigenvalue weighted by molar-refractivity contribution is -0.121. The van der Waals surface area contributed by atoms with Gasteiger partial charge in [-0.15, -0.1) is 22.3 Å². The Bertz CT molecular complexity index is 994. The molecule has 134 valence electrons. The Morgan fingerprint density at radius 3 is 2.58 bits per heavy atom. The molecule has 0 saturated carbocycles. The molecule has 0 unspecified atom stereocenters. The van der Waals surface area contributed by atoms with E-state index in [1.165, 1.54) is 46.6 Å². The van der Waals surface area contributed by atoms with E-state index in [4.69, 9.17) is 11.6 Å². The Morgan fingerprint density at radius 2 is 1.96 bits per heavy atom. The summed E-state index contributed by atoms with van der Waals surface area (Å²) in [7, 11) is -3.96. The fraction of sp³-hybridized carbons (Fsp3) is 0.0588. The van der Waals surface area contributed by atoms with Gasteiger partial charge in [0.25, 0.3) is 15.9 Å². The standard InChI is InChI=1S/C17H13ClN2O3S3/c1-2-9-20-16(21)15(11-13-4-3-10-24-13)25-17(20)19-26(22,23)14-7-5-12(18)6-8-14/h2-8,10-11H,1,9H2/b15-11-,19-17?. The van der Waals surface area contributed by atoms with Crippen molar-refractivity contribution < 1.29 is 13.2 Å². The summed E-state index contributed by atoms with van der Waals surface area (Å²) in [5.41, 5.74) is 0. The van der Waals surface area contributed by atoms with Crippen LogP contribution < -0.4 is 0 Å². The Balaban J connectivity index is 1.98. The first-order chi connectivity index (χ1) is 12.4. The molecule has 0 N–H and O–H groups in total. The number of halogens is 1. The van der Waals surface area contributed by atoms with E-state index in [9.17, 15) is 13.2 Å². The number of hydrogen-bond donors (Lipinski definition) is 0. The van der Waals surface area contributed by atoms with Crippen molar-refractivity contribution in [3.8, 4) is 0 Å². The van der Waals surface area contributed by atoms with E-state index < -0.39 is 10.0 Å².